The van der Waals surface area contributed by atoms with Crippen molar-refractivity contribution in [2.24, 2.45) is 0 Å². The molecule has 148 valence electrons. The molecule has 0 saturated carbocycles. The van der Waals surface area contributed by atoms with E-state index in [9.17, 15) is 5.11 Å². The first kappa shape index (κ1) is 20.8. The SMILES string of the molecule is CC(C)(C)N(CC#C[C@@](O)(c1ccccc1)c1cccnc1)Cc1ccccc1. The van der Waals surface area contributed by atoms with Crippen LogP contribution < -0.4 is 0 Å². The Balaban J connectivity index is 1.90. The third-order valence-electron chi connectivity index (χ3n) is 4.98. The maximum atomic E-state index is 11.5. The Hall–Kier alpha value is -2.93. The van der Waals surface area contributed by atoms with Gasteiger partial charge in [0.15, 0.2) is 5.60 Å². The van der Waals surface area contributed by atoms with Gasteiger partial charge in [-0.15, -0.1) is 0 Å². The monoisotopic (exact) mass is 384 g/mol. The lowest BCUT2D eigenvalue weighted by Gasteiger charge is -2.34. The molecule has 1 atom stereocenters. The van der Waals surface area contributed by atoms with Gasteiger partial charge in [0, 0.05) is 35.6 Å². The lowest BCUT2D eigenvalue weighted by atomic mass is 9.88. The van der Waals surface area contributed by atoms with Crippen molar-refractivity contribution in [3.8, 4) is 11.8 Å². The fourth-order valence-corrected chi connectivity index (χ4v) is 3.16. The van der Waals surface area contributed by atoms with Crippen LogP contribution in [0.25, 0.3) is 0 Å². The first-order valence-corrected chi connectivity index (χ1v) is 9.87. The summed E-state index contributed by atoms with van der Waals surface area (Å²) in [5, 5.41) is 11.5. The third kappa shape index (κ3) is 5.32. The maximum Gasteiger partial charge on any atom is 0.178 e. The van der Waals surface area contributed by atoms with Crippen molar-refractivity contribution in [2.75, 3.05) is 6.54 Å². The minimum absolute atomic E-state index is 0.0519. The highest BCUT2D eigenvalue weighted by Crippen LogP contribution is 2.28. The molecule has 0 spiro atoms. The largest absolute Gasteiger partial charge is 0.369 e. The van der Waals surface area contributed by atoms with E-state index in [-0.39, 0.29) is 5.54 Å². The summed E-state index contributed by atoms with van der Waals surface area (Å²) in [6.45, 7) is 7.90. The molecule has 3 rings (SSSR count). The Morgan fingerprint density at radius 3 is 2.07 bits per heavy atom. The Labute approximate surface area is 174 Å². The van der Waals surface area contributed by atoms with Crippen LogP contribution in [0.1, 0.15) is 37.5 Å². The van der Waals surface area contributed by atoms with E-state index in [4.69, 9.17) is 0 Å². The summed E-state index contributed by atoms with van der Waals surface area (Å²) in [5.74, 6) is 6.39. The summed E-state index contributed by atoms with van der Waals surface area (Å²) in [7, 11) is 0. The highest BCUT2D eigenvalue weighted by Gasteiger charge is 2.30. The van der Waals surface area contributed by atoms with Crippen LogP contribution in [0.15, 0.2) is 85.2 Å². The molecule has 0 fully saturated rings. The van der Waals surface area contributed by atoms with Crippen LogP contribution in [-0.2, 0) is 12.1 Å². The summed E-state index contributed by atoms with van der Waals surface area (Å²) in [6.07, 6.45) is 3.37. The van der Waals surface area contributed by atoms with Crippen molar-refractivity contribution >= 4 is 0 Å². The van der Waals surface area contributed by atoms with E-state index in [0.29, 0.717) is 12.1 Å². The van der Waals surface area contributed by atoms with Crippen molar-refractivity contribution in [1.29, 1.82) is 0 Å². The van der Waals surface area contributed by atoms with Crippen molar-refractivity contribution in [1.82, 2.24) is 9.88 Å². The molecule has 1 heterocycles. The molecule has 0 unspecified atom stereocenters. The normalized spacial score (nSPS) is 13.4. The summed E-state index contributed by atoms with van der Waals surface area (Å²) in [5.41, 5.74) is 1.21. The van der Waals surface area contributed by atoms with Gasteiger partial charge in [0.25, 0.3) is 0 Å². The third-order valence-corrected chi connectivity index (χ3v) is 4.98. The van der Waals surface area contributed by atoms with Gasteiger partial charge < -0.3 is 5.11 Å². The predicted molar refractivity (Wildman–Crippen MR) is 118 cm³/mol. The van der Waals surface area contributed by atoms with Gasteiger partial charge in [0.05, 0.1) is 6.54 Å². The average Bonchev–Trinajstić information content (AvgIpc) is 2.74. The summed E-state index contributed by atoms with van der Waals surface area (Å²) >= 11 is 0. The molecule has 29 heavy (non-hydrogen) atoms. The molecule has 0 radical (unpaired) electrons. The lowest BCUT2D eigenvalue weighted by molar-refractivity contribution is 0.140. The molecule has 1 aromatic heterocycles. The maximum absolute atomic E-state index is 11.5. The Morgan fingerprint density at radius 1 is 0.862 bits per heavy atom. The van der Waals surface area contributed by atoms with Crippen molar-refractivity contribution in [2.45, 2.75) is 38.5 Å². The number of hydrogen-bond donors (Lipinski definition) is 1. The van der Waals surface area contributed by atoms with Crippen molar-refractivity contribution in [3.05, 3.63) is 102 Å². The molecule has 1 N–H and O–H groups in total. The van der Waals surface area contributed by atoms with Gasteiger partial charge in [-0.25, -0.2) is 0 Å². The zero-order valence-electron chi connectivity index (χ0n) is 17.3. The molecular formula is C26H28N2O. The minimum atomic E-state index is -1.40. The van der Waals surface area contributed by atoms with Crippen LogP contribution >= 0.6 is 0 Å². The highest BCUT2D eigenvalue weighted by molar-refractivity contribution is 5.43. The number of aliphatic hydroxyl groups is 1. The fourth-order valence-electron chi connectivity index (χ4n) is 3.16. The van der Waals surface area contributed by atoms with Crippen LogP contribution in [0.5, 0.6) is 0 Å². The van der Waals surface area contributed by atoms with Crippen LogP contribution in [0.2, 0.25) is 0 Å². The molecular weight excluding hydrogens is 356 g/mol. The molecule has 0 saturated heterocycles. The molecule has 0 aliphatic rings. The highest BCUT2D eigenvalue weighted by atomic mass is 16.3. The number of benzene rings is 2. The summed E-state index contributed by atoms with van der Waals surface area (Å²) in [6, 6.07) is 23.6. The van der Waals surface area contributed by atoms with E-state index in [0.717, 1.165) is 12.1 Å². The van der Waals surface area contributed by atoms with Gasteiger partial charge in [-0.05, 0) is 32.4 Å². The zero-order chi connectivity index (χ0) is 20.7. The number of hydrogen-bond acceptors (Lipinski definition) is 3. The van der Waals surface area contributed by atoms with Crippen molar-refractivity contribution in [3.63, 3.8) is 0 Å². The predicted octanol–water partition coefficient (Wildman–Crippen LogP) is 4.62. The average molecular weight is 385 g/mol. The van der Waals surface area contributed by atoms with Gasteiger partial charge in [0.2, 0.25) is 0 Å². The quantitative estimate of drug-likeness (QED) is 0.652. The molecule has 3 aromatic rings. The molecule has 0 aliphatic carbocycles. The second kappa shape index (κ2) is 9.05. The molecule has 0 bridgehead atoms. The van der Waals surface area contributed by atoms with Gasteiger partial charge in [-0.3, -0.25) is 9.88 Å². The van der Waals surface area contributed by atoms with Gasteiger partial charge in [-0.1, -0.05) is 78.6 Å². The van der Waals surface area contributed by atoms with E-state index in [1.54, 1.807) is 12.4 Å². The van der Waals surface area contributed by atoms with Crippen LogP contribution in [0.4, 0.5) is 0 Å². The second-order valence-electron chi connectivity index (χ2n) is 8.13. The number of pyridine rings is 1. The lowest BCUT2D eigenvalue weighted by Crippen LogP contribution is -2.41. The van der Waals surface area contributed by atoms with Crippen molar-refractivity contribution < 1.29 is 5.11 Å². The summed E-state index contributed by atoms with van der Waals surface area (Å²) < 4.78 is 0. The summed E-state index contributed by atoms with van der Waals surface area (Å²) in [4.78, 5) is 6.49. The van der Waals surface area contributed by atoms with Gasteiger partial charge >= 0.3 is 0 Å². The standard InChI is InChI=1S/C26H28N2O/c1-25(2,3)28(21-22-12-6-4-7-13-22)19-11-17-26(29,23-14-8-5-9-15-23)24-16-10-18-27-20-24/h4-10,12-16,18,20,29H,19,21H2,1-3H3/t26-/m1/s1. The van der Waals surface area contributed by atoms with E-state index in [2.05, 4.69) is 66.8 Å². The Kier molecular flexibility index (Phi) is 6.49. The number of rotatable bonds is 5. The number of nitrogens with zero attached hydrogens (tertiary/aromatic N) is 2. The molecule has 2 aromatic carbocycles. The Bertz CT molecular complexity index is 912. The van der Waals surface area contributed by atoms with E-state index in [1.165, 1.54) is 5.56 Å². The topological polar surface area (TPSA) is 36.4 Å². The molecule has 3 heteroatoms. The van der Waals surface area contributed by atoms with E-state index >= 15 is 0 Å². The molecule has 0 amide bonds. The van der Waals surface area contributed by atoms with Crippen LogP contribution in [0.3, 0.4) is 0 Å². The molecule has 3 nitrogen and oxygen atoms in total. The Morgan fingerprint density at radius 2 is 1.48 bits per heavy atom. The number of aromatic nitrogens is 1. The van der Waals surface area contributed by atoms with E-state index in [1.807, 2.05) is 48.5 Å². The van der Waals surface area contributed by atoms with Gasteiger partial charge in [0.1, 0.15) is 0 Å². The minimum Gasteiger partial charge on any atom is -0.369 e. The van der Waals surface area contributed by atoms with E-state index < -0.39 is 5.60 Å². The first-order chi connectivity index (χ1) is 13.9. The zero-order valence-corrected chi connectivity index (χ0v) is 17.3. The van der Waals surface area contributed by atoms with Crippen LogP contribution in [-0.4, -0.2) is 27.1 Å². The van der Waals surface area contributed by atoms with Gasteiger partial charge in [-0.2, -0.15) is 0 Å². The second-order valence-corrected chi connectivity index (χ2v) is 8.13. The first-order valence-electron chi connectivity index (χ1n) is 9.87. The molecule has 0 aliphatic heterocycles. The fraction of sp³-hybridized carbons (Fsp3) is 0.269. The van der Waals surface area contributed by atoms with Crippen LogP contribution in [0, 0.1) is 11.8 Å². The smallest absolute Gasteiger partial charge is 0.178 e.